The van der Waals surface area contributed by atoms with E-state index < -0.39 is 5.41 Å². The van der Waals surface area contributed by atoms with Gasteiger partial charge in [-0.15, -0.1) is 0 Å². The first-order valence-electron chi connectivity index (χ1n) is 10.2. The number of Topliss-reactive ketones (excluding diaryl/α,β-unsaturated/α-hetero) is 1. The molecule has 6 atom stereocenters. The second-order valence-corrected chi connectivity index (χ2v) is 9.32. The number of rotatable bonds is 2. The highest BCUT2D eigenvalue weighted by molar-refractivity contribution is 5.98. The molecule has 0 aromatic heterocycles. The van der Waals surface area contributed by atoms with Crippen molar-refractivity contribution in [1.82, 2.24) is 0 Å². The standard InChI is InChI=1S/C22H30O4/c1-13-16-5-4-15-17-6-7-20(26-14(2)24)21(17,3)10-8-18(15)22(16,12-23)11-9-19(13)25/h12,15,17-18,20H,4-11H2,1-3H3. The summed E-state index contributed by atoms with van der Waals surface area (Å²) in [5.74, 6) is 1.41. The normalized spacial score (nSPS) is 44.8. The third kappa shape index (κ3) is 2.30. The zero-order valence-corrected chi connectivity index (χ0v) is 16.2. The molecule has 3 saturated carbocycles. The first kappa shape index (κ1) is 17.9. The van der Waals surface area contributed by atoms with Crippen LogP contribution in [0.3, 0.4) is 0 Å². The Labute approximate surface area is 155 Å². The minimum absolute atomic E-state index is 0.0183. The molecule has 0 aromatic rings. The van der Waals surface area contributed by atoms with E-state index in [-0.39, 0.29) is 23.3 Å². The minimum atomic E-state index is -0.415. The summed E-state index contributed by atoms with van der Waals surface area (Å²) in [5.41, 5.74) is 1.63. The molecule has 0 amide bonds. The van der Waals surface area contributed by atoms with Crippen LogP contribution in [0.1, 0.15) is 72.1 Å². The number of carbonyl (C=O) groups is 3. The van der Waals surface area contributed by atoms with E-state index in [1.165, 1.54) is 13.2 Å². The summed E-state index contributed by atoms with van der Waals surface area (Å²) >= 11 is 0. The van der Waals surface area contributed by atoms with Gasteiger partial charge in [0.2, 0.25) is 0 Å². The van der Waals surface area contributed by atoms with Crippen molar-refractivity contribution < 1.29 is 19.1 Å². The number of aldehydes is 1. The van der Waals surface area contributed by atoms with E-state index in [1.54, 1.807) is 0 Å². The number of esters is 1. The van der Waals surface area contributed by atoms with Gasteiger partial charge in [0.25, 0.3) is 0 Å². The summed E-state index contributed by atoms with van der Waals surface area (Å²) < 4.78 is 5.69. The highest BCUT2D eigenvalue weighted by Gasteiger charge is 2.61. The van der Waals surface area contributed by atoms with Gasteiger partial charge in [-0.3, -0.25) is 9.59 Å². The van der Waals surface area contributed by atoms with Crippen LogP contribution in [0.15, 0.2) is 11.1 Å². The Hall–Kier alpha value is -1.45. The van der Waals surface area contributed by atoms with Gasteiger partial charge in [-0.05, 0) is 75.2 Å². The molecule has 0 heterocycles. The van der Waals surface area contributed by atoms with Crippen molar-refractivity contribution in [1.29, 1.82) is 0 Å². The van der Waals surface area contributed by atoms with E-state index in [0.717, 1.165) is 49.7 Å². The molecular formula is C22H30O4. The molecule has 0 aliphatic heterocycles. The number of ketones is 1. The maximum atomic E-state index is 12.4. The van der Waals surface area contributed by atoms with Crippen LogP contribution in [0, 0.1) is 28.6 Å². The fourth-order valence-electron chi connectivity index (χ4n) is 7.21. The van der Waals surface area contributed by atoms with Gasteiger partial charge >= 0.3 is 5.97 Å². The van der Waals surface area contributed by atoms with Gasteiger partial charge in [0.15, 0.2) is 5.78 Å². The first-order chi connectivity index (χ1) is 12.3. The molecular weight excluding hydrogens is 328 g/mol. The molecule has 0 N–H and O–H groups in total. The van der Waals surface area contributed by atoms with Crippen molar-refractivity contribution in [3.8, 4) is 0 Å². The molecule has 6 unspecified atom stereocenters. The third-order valence-electron chi connectivity index (χ3n) is 8.46. The fraction of sp³-hybridized carbons (Fsp3) is 0.773. The quantitative estimate of drug-likeness (QED) is 0.552. The van der Waals surface area contributed by atoms with Gasteiger partial charge in [0.1, 0.15) is 12.4 Å². The number of allylic oxidation sites excluding steroid dienone is 1. The Morgan fingerprint density at radius 2 is 1.88 bits per heavy atom. The van der Waals surface area contributed by atoms with Gasteiger partial charge in [-0.2, -0.15) is 0 Å². The number of hydrogen-bond acceptors (Lipinski definition) is 4. The number of hydrogen-bond donors (Lipinski definition) is 0. The summed E-state index contributed by atoms with van der Waals surface area (Å²) in [6.45, 7) is 5.72. The summed E-state index contributed by atoms with van der Waals surface area (Å²) in [6, 6.07) is 0. The monoisotopic (exact) mass is 358 g/mol. The lowest BCUT2D eigenvalue weighted by atomic mass is 9.46. The Morgan fingerprint density at radius 1 is 1.12 bits per heavy atom. The smallest absolute Gasteiger partial charge is 0.302 e. The SMILES string of the molecule is CC(=O)OC1CCC2C3CCC4=C(C)C(=O)CCC4(C=O)C3CCC12C. The van der Waals surface area contributed by atoms with Gasteiger partial charge in [0, 0.05) is 18.8 Å². The average Bonchev–Trinajstić information content (AvgIpc) is 2.94. The molecule has 26 heavy (non-hydrogen) atoms. The lowest BCUT2D eigenvalue weighted by molar-refractivity contribution is -0.157. The van der Waals surface area contributed by atoms with Crippen LogP contribution < -0.4 is 0 Å². The predicted octanol–water partition coefficient (Wildman–Crippen LogP) is 4.02. The number of carbonyl (C=O) groups excluding carboxylic acids is 3. The fourth-order valence-corrected chi connectivity index (χ4v) is 7.21. The molecule has 4 heteroatoms. The van der Waals surface area contributed by atoms with Gasteiger partial charge in [-0.1, -0.05) is 12.5 Å². The summed E-state index contributed by atoms with van der Waals surface area (Å²) in [4.78, 5) is 36.2. The van der Waals surface area contributed by atoms with E-state index >= 15 is 0 Å². The Kier molecular flexibility index (Phi) is 4.16. The summed E-state index contributed by atoms with van der Waals surface area (Å²) in [7, 11) is 0. The van der Waals surface area contributed by atoms with Crippen LogP contribution in [0.4, 0.5) is 0 Å². The van der Waals surface area contributed by atoms with Crippen molar-refractivity contribution in [2.24, 2.45) is 28.6 Å². The van der Waals surface area contributed by atoms with E-state index in [9.17, 15) is 14.4 Å². The van der Waals surface area contributed by atoms with Crippen molar-refractivity contribution in [3.05, 3.63) is 11.1 Å². The lowest BCUT2D eigenvalue weighted by Gasteiger charge is -2.57. The maximum Gasteiger partial charge on any atom is 0.302 e. The van der Waals surface area contributed by atoms with Crippen molar-refractivity contribution in [2.75, 3.05) is 0 Å². The van der Waals surface area contributed by atoms with Gasteiger partial charge in [-0.25, -0.2) is 0 Å². The van der Waals surface area contributed by atoms with Gasteiger partial charge < -0.3 is 9.53 Å². The Balaban J connectivity index is 1.69. The average molecular weight is 358 g/mol. The van der Waals surface area contributed by atoms with Gasteiger partial charge in [0.05, 0.1) is 5.41 Å². The molecule has 0 saturated heterocycles. The Bertz CT molecular complexity index is 692. The van der Waals surface area contributed by atoms with Crippen LogP contribution in [-0.4, -0.2) is 24.1 Å². The zero-order valence-electron chi connectivity index (χ0n) is 16.2. The van der Waals surface area contributed by atoms with Crippen LogP contribution >= 0.6 is 0 Å². The molecule has 4 rings (SSSR count). The number of ether oxygens (including phenoxy) is 1. The Morgan fingerprint density at radius 3 is 2.58 bits per heavy atom. The maximum absolute atomic E-state index is 12.4. The molecule has 4 nitrogen and oxygen atoms in total. The van der Waals surface area contributed by atoms with Crippen LogP contribution in [0.2, 0.25) is 0 Å². The molecule has 142 valence electrons. The number of fused-ring (bicyclic) bond motifs is 5. The highest BCUT2D eigenvalue weighted by atomic mass is 16.5. The molecule has 0 bridgehead atoms. The van der Waals surface area contributed by atoms with E-state index in [2.05, 4.69) is 6.92 Å². The first-order valence-corrected chi connectivity index (χ1v) is 10.2. The zero-order chi connectivity index (χ0) is 18.7. The molecule has 4 aliphatic rings. The minimum Gasteiger partial charge on any atom is -0.462 e. The third-order valence-corrected chi connectivity index (χ3v) is 8.46. The van der Waals surface area contributed by atoms with E-state index in [1.807, 2.05) is 6.92 Å². The molecule has 3 fully saturated rings. The second kappa shape index (κ2) is 6.03. The summed E-state index contributed by atoms with van der Waals surface area (Å²) in [5, 5.41) is 0. The van der Waals surface area contributed by atoms with Crippen LogP contribution in [-0.2, 0) is 19.1 Å². The summed E-state index contributed by atoms with van der Waals surface area (Å²) in [6.07, 6.45) is 8.39. The van der Waals surface area contributed by atoms with Crippen molar-refractivity contribution in [2.45, 2.75) is 78.2 Å². The van der Waals surface area contributed by atoms with E-state index in [4.69, 9.17) is 4.74 Å². The highest BCUT2D eigenvalue weighted by Crippen LogP contribution is 2.65. The molecule has 4 aliphatic carbocycles. The molecule has 0 radical (unpaired) electrons. The van der Waals surface area contributed by atoms with Crippen molar-refractivity contribution >= 4 is 18.0 Å². The lowest BCUT2D eigenvalue weighted by Crippen LogP contribution is -2.53. The molecule has 0 spiro atoms. The topological polar surface area (TPSA) is 60.4 Å². The predicted molar refractivity (Wildman–Crippen MR) is 97.3 cm³/mol. The second-order valence-electron chi connectivity index (χ2n) is 9.32. The van der Waals surface area contributed by atoms with Crippen molar-refractivity contribution in [3.63, 3.8) is 0 Å². The largest absolute Gasteiger partial charge is 0.462 e. The molecule has 0 aromatic carbocycles. The van der Waals surface area contributed by atoms with E-state index in [0.29, 0.717) is 30.6 Å². The van der Waals surface area contributed by atoms with Crippen LogP contribution in [0.5, 0.6) is 0 Å². The van der Waals surface area contributed by atoms with Crippen LogP contribution in [0.25, 0.3) is 0 Å².